The van der Waals surface area contributed by atoms with Crippen LogP contribution in [0.4, 0.5) is 0 Å². The number of piperazine rings is 1. The van der Waals surface area contributed by atoms with Gasteiger partial charge in [-0.3, -0.25) is 9.59 Å². The van der Waals surface area contributed by atoms with Gasteiger partial charge in [-0.25, -0.2) is 0 Å². The highest BCUT2D eigenvalue weighted by molar-refractivity contribution is 5.99. The number of hydrogen-bond donors (Lipinski definition) is 1. The minimum absolute atomic E-state index is 0.000554. The number of rotatable bonds is 4. The zero-order chi connectivity index (χ0) is 14.3. The summed E-state index contributed by atoms with van der Waals surface area (Å²) in [6.07, 6.45) is 8.87. The van der Waals surface area contributed by atoms with E-state index < -0.39 is 5.54 Å². The number of carbonyl (C=O) groups excluding carboxylic acids is 2. The van der Waals surface area contributed by atoms with E-state index in [1.165, 1.54) is 18.4 Å². The van der Waals surface area contributed by atoms with Gasteiger partial charge in [0.05, 0.1) is 0 Å². The second-order valence-electron chi connectivity index (χ2n) is 6.64. The first-order valence-electron chi connectivity index (χ1n) is 7.83. The second-order valence-corrected chi connectivity index (χ2v) is 6.64. The summed E-state index contributed by atoms with van der Waals surface area (Å²) in [5.74, 6) is 0.449. The zero-order valence-corrected chi connectivity index (χ0v) is 12.4. The molecule has 2 fully saturated rings. The molecule has 0 aromatic heterocycles. The summed E-state index contributed by atoms with van der Waals surface area (Å²) >= 11 is 0. The lowest BCUT2D eigenvalue weighted by Crippen LogP contribution is -2.69. The average Bonchev–Trinajstić information content (AvgIpc) is 3.15. The molecule has 2 amide bonds. The highest BCUT2D eigenvalue weighted by Crippen LogP contribution is 2.42. The molecule has 0 bridgehead atoms. The molecule has 0 aromatic rings. The van der Waals surface area contributed by atoms with Gasteiger partial charge in [-0.1, -0.05) is 11.6 Å². The van der Waals surface area contributed by atoms with Crippen molar-refractivity contribution in [3.63, 3.8) is 0 Å². The van der Waals surface area contributed by atoms with Crippen LogP contribution in [0.2, 0.25) is 0 Å². The SMILES string of the molecule is CC1C(=O)NC(C)(C2CC2)C(=O)N1CCC1=CCCC1. The average molecular weight is 276 g/mol. The lowest BCUT2D eigenvalue weighted by Gasteiger charge is -2.43. The molecule has 20 heavy (non-hydrogen) atoms. The van der Waals surface area contributed by atoms with Crippen LogP contribution >= 0.6 is 0 Å². The highest BCUT2D eigenvalue weighted by Gasteiger charge is 2.54. The third-order valence-electron chi connectivity index (χ3n) is 5.14. The Hall–Kier alpha value is -1.32. The van der Waals surface area contributed by atoms with Crippen molar-refractivity contribution >= 4 is 11.8 Å². The lowest BCUT2D eigenvalue weighted by atomic mass is 9.89. The maximum absolute atomic E-state index is 12.8. The summed E-state index contributed by atoms with van der Waals surface area (Å²) in [4.78, 5) is 26.8. The molecule has 1 saturated carbocycles. The number of nitrogens with one attached hydrogen (secondary N) is 1. The van der Waals surface area contributed by atoms with Crippen LogP contribution in [0.1, 0.15) is 52.4 Å². The first-order valence-corrected chi connectivity index (χ1v) is 7.83. The van der Waals surface area contributed by atoms with Crippen LogP contribution in [0.3, 0.4) is 0 Å². The largest absolute Gasteiger partial charge is 0.340 e. The van der Waals surface area contributed by atoms with Gasteiger partial charge in [0, 0.05) is 6.54 Å². The molecule has 2 aliphatic carbocycles. The molecule has 0 spiro atoms. The highest BCUT2D eigenvalue weighted by atomic mass is 16.2. The van der Waals surface area contributed by atoms with Crippen molar-refractivity contribution in [2.75, 3.05) is 6.54 Å². The molecule has 1 aliphatic heterocycles. The maximum atomic E-state index is 12.8. The summed E-state index contributed by atoms with van der Waals surface area (Å²) in [6.45, 7) is 4.42. The topological polar surface area (TPSA) is 49.4 Å². The van der Waals surface area contributed by atoms with Crippen molar-refractivity contribution in [1.82, 2.24) is 10.2 Å². The Kier molecular flexibility index (Phi) is 3.35. The molecule has 1 heterocycles. The smallest absolute Gasteiger partial charge is 0.249 e. The van der Waals surface area contributed by atoms with Gasteiger partial charge in [-0.05, 0) is 58.3 Å². The van der Waals surface area contributed by atoms with E-state index in [9.17, 15) is 9.59 Å². The standard InChI is InChI=1S/C16H24N2O2/c1-11-14(19)17-16(2,13-7-8-13)15(20)18(11)10-9-12-5-3-4-6-12/h5,11,13H,3-4,6-10H2,1-2H3,(H,17,19). The van der Waals surface area contributed by atoms with E-state index in [1.807, 2.05) is 13.8 Å². The van der Waals surface area contributed by atoms with Crippen molar-refractivity contribution < 1.29 is 9.59 Å². The van der Waals surface area contributed by atoms with Crippen molar-refractivity contribution in [2.45, 2.75) is 64.0 Å². The zero-order valence-electron chi connectivity index (χ0n) is 12.4. The van der Waals surface area contributed by atoms with Gasteiger partial charge >= 0.3 is 0 Å². The Morgan fingerprint density at radius 2 is 2.15 bits per heavy atom. The lowest BCUT2D eigenvalue weighted by molar-refractivity contribution is -0.154. The molecule has 0 radical (unpaired) electrons. The molecular weight excluding hydrogens is 252 g/mol. The summed E-state index contributed by atoms with van der Waals surface area (Å²) in [6, 6.07) is -0.337. The van der Waals surface area contributed by atoms with Crippen LogP contribution in [0.15, 0.2) is 11.6 Å². The third kappa shape index (κ3) is 2.25. The van der Waals surface area contributed by atoms with E-state index in [2.05, 4.69) is 11.4 Å². The Balaban J connectivity index is 1.72. The Morgan fingerprint density at radius 1 is 1.40 bits per heavy atom. The van der Waals surface area contributed by atoms with E-state index in [0.717, 1.165) is 25.7 Å². The van der Waals surface area contributed by atoms with Gasteiger partial charge < -0.3 is 10.2 Å². The molecule has 4 heteroatoms. The van der Waals surface area contributed by atoms with Gasteiger partial charge in [0.2, 0.25) is 11.8 Å². The number of nitrogens with zero attached hydrogens (tertiary/aromatic N) is 1. The van der Waals surface area contributed by atoms with Crippen LogP contribution in [-0.2, 0) is 9.59 Å². The van der Waals surface area contributed by atoms with Crippen molar-refractivity contribution in [2.24, 2.45) is 5.92 Å². The summed E-state index contributed by atoms with van der Waals surface area (Å²) < 4.78 is 0. The summed E-state index contributed by atoms with van der Waals surface area (Å²) in [7, 11) is 0. The predicted octanol–water partition coefficient (Wildman–Crippen LogP) is 2.00. The van der Waals surface area contributed by atoms with Crippen LogP contribution in [0, 0.1) is 5.92 Å². The molecule has 2 unspecified atom stereocenters. The van der Waals surface area contributed by atoms with Crippen molar-refractivity contribution in [3.05, 3.63) is 11.6 Å². The number of hydrogen-bond acceptors (Lipinski definition) is 2. The number of carbonyl (C=O) groups is 2. The number of amides is 2. The van der Waals surface area contributed by atoms with E-state index in [0.29, 0.717) is 12.5 Å². The fourth-order valence-electron chi connectivity index (χ4n) is 3.49. The van der Waals surface area contributed by atoms with Crippen LogP contribution < -0.4 is 5.32 Å². The van der Waals surface area contributed by atoms with E-state index in [-0.39, 0.29) is 17.9 Å². The normalized spacial score (nSPS) is 34.2. The van der Waals surface area contributed by atoms with Gasteiger partial charge in [0.15, 0.2) is 0 Å². The van der Waals surface area contributed by atoms with Gasteiger partial charge in [0.1, 0.15) is 11.6 Å². The van der Waals surface area contributed by atoms with E-state index in [1.54, 1.807) is 4.90 Å². The fourth-order valence-corrected chi connectivity index (χ4v) is 3.49. The molecule has 0 aromatic carbocycles. The first-order chi connectivity index (χ1) is 9.52. The third-order valence-corrected chi connectivity index (χ3v) is 5.14. The van der Waals surface area contributed by atoms with Gasteiger partial charge in [-0.2, -0.15) is 0 Å². The summed E-state index contributed by atoms with van der Waals surface area (Å²) in [5.41, 5.74) is 0.789. The molecule has 1 N–H and O–H groups in total. The Labute approximate surface area is 120 Å². The van der Waals surface area contributed by atoms with E-state index in [4.69, 9.17) is 0 Å². The van der Waals surface area contributed by atoms with Crippen LogP contribution in [-0.4, -0.2) is 34.8 Å². The quantitative estimate of drug-likeness (QED) is 0.798. The van der Waals surface area contributed by atoms with E-state index >= 15 is 0 Å². The van der Waals surface area contributed by atoms with Crippen molar-refractivity contribution in [3.8, 4) is 0 Å². The molecule has 4 nitrogen and oxygen atoms in total. The second kappa shape index (κ2) is 4.90. The molecule has 2 atom stereocenters. The first kappa shape index (κ1) is 13.7. The monoisotopic (exact) mass is 276 g/mol. The molecule has 110 valence electrons. The predicted molar refractivity (Wildman–Crippen MR) is 77.0 cm³/mol. The maximum Gasteiger partial charge on any atom is 0.249 e. The number of allylic oxidation sites excluding steroid dienone is 1. The van der Waals surface area contributed by atoms with Crippen molar-refractivity contribution in [1.29, 1.82) is 0 Å². The minimum atomic E-state index is -0.659. The van der Waals surface area contributed by atoms with Gasteiger partial charge in [0.25, 0.3) is 0 Å². The fraction of sp³-hybridized carbons (Fsp3) is 0.750. The van der Waals surface area contributed by atoms with Gasteiger partial charge in [-0.15, -0.1) is 0 Å². The van der Waals surface area contributed by atoms with Crippen LogP contribution in [0.5, 0.6) is 0 Å². The molecule has 3 rings (SSSR count). The Morgan fingerprint density at radius 3 is 2.75 bits per heavy atom. The molecular formula is C16H24N2O2. The molecule has 1 saturated heterocycles. The summed E-state index contributed by atoms with van der Waals surface area (Å²) in [5, 5.41) is 2.97. The van der Waals surface area contributed by atoms with Crippen LogP contribution in [0.25, 0.3) is 0 Å². The molecule has 3 aliphatic rings. The Bertz CT molecular complexity index is 467. The minimum Gasteiger partial charge on any atom is -0.340 e.